The summed E-state index contributed by atoms with van der Waals surface area (Å²) < 4.78 is 1.97. The first-order valence-electron chi connectivity index (χ1n) is 6.38. The van der Waals surface area contributed by atoms with E-state index in [9.17, 15) is 4.79 Å². The molecule has 1 heterocycles. The molecule has 0 aliphatic carbocycles. The van der Waals surface area contributed by atoms with Crippen LogP contribution in [0.5, 0.6) is 0 Å². The van der Waals surface area contributed by atoms with Crippen LogP contribution < -0.4 is 5.32 Å². The van der Waals surface area contributed by atoms with Crippen molar-refractivity contribution >= 4 is 5.91 Å². The van der Waals surface area contributed by atoms with Crippen molar-refractivity contribution in [2.24, 2.45) is 0 Å². The summed E-state index contributed by atoms with van der Waals surface area (Å²) in [6, 6.07) is 0.131. The largest absolute Gasteiger partial charge is 0.394 e. The van der Waals surface area contributed by atoms with Gasteiger partial charge in [-0.2, -0.15) is 0 Å². The lowest BCUT2D eigenvalue weighted by Gasteiger charge is -2.25. The molecule has 5 nitrogen and oxygen atoms in total. The number of nitrogens with zero attached hydrogens (tertiary/aromatic N) is 2. The van der Waals surface area contributed by atoms with Gasteiger partial charge in [0.2, 0.25) is 5.91 Å². The van der Waals surface area contributed by atoms with Crippen molar-refractivity contribution in [2.75, 3.05) is 6.61 Å². The maximum absolute atomic E-state index is 11.9. The minimum absolute atomic E-state index is 0.0406. The molecule has 0 spiro atoms. The molecule has 0 saturated carbocycles. The van der Waals surface area contributed by atoms with Crippen LogP contribution in [0.2, 0.25) is 0 Å². The molecule has 0 aromatic carbocycles. The van der Waals surface area contributed by atoms with Gasteiger partial charge in [0.25, 0.3) is 0 Å². The summed E-state index contributed by atoms with van der Waals surface area (Å²) in [5.41, 5.74) is -0.567. The summed E-state index contributed by atoms with van der Waals surface area (Å²) in [4.78, 5) is 16.0. The monoisotopic (exact) mass is 253 g/mol. The van der Waals surface area contributed by atoms with Crippen LogP contribution in [0.1, 0.15) is 46.1 Å². The van der Waals surface area contributed by atoms with Crippen LogP contribution >= 0.6 is 0 Å². The number of carbonyl (C=O) groups is 1. The lowest BCUT2D eigenvalue weighted by Crippen LogP contribution is -2.46. The van der Waals surface area contributed by atoms with E-state index in [2.05, 4.69) is 17.2 Å². The van der Waals surface area contributed by atoms with Crippen LogP contribution in [0.4, 0.5) is 0 Å². The van der Waals surface area contributed by atoms with Gasteiger partial charge >= 0.3 is 0 Å². The second-order valence-corrected chi connectivity index (χ2v) is 5.25. The van der Waals surface area contributed by atoms with Gasteiger partial charge in [0, 0.05) is 24.9 Å². The SMILES string of the molecule is CCCC(CC(=O)NC(C)(C)CO)n1ccnc1. The van der Waals surface area contributed by atoms with Crippen LogP contribution in [-0.2, 0) is 4.79 Å². The zero-order chi connectivity index (χ0) is 13.6. The van der Waals surface area contributed by atoms with E-state index in [0.717, 1.165) is 12.8 Å². The van der Waals surface area contributed by atoms with Crippen LogP contribution in [0.3, 0.4) is 0 Å². The Labute approximate surface area is 108 Å². The average Bonchev–Trinajstić information content (AvgIpc) is 2.81. The topological polar surface area (TPSA) is 67.2 Å². The summed E-state index contributed by atoms with van der Waals surface area (Å²) in [5.74, 6) is -0.0406. The van der Waals surface area contributed by atoms with E-state index in [1.165, 1.54) is 0 Å². The first-order valence-corrected chi connectivity index (χ1v) is 6.38. The molecule has 1 aromatic rings. The van der Waals surface area contributed by atoms with Gasteiger partial charge in [0.15, 0.2) is 0 Å². The minimum atomic E-state index is -0.567. The molecule has 18 heavy (non-hydrogen) atoms. The number of hydrogen-bond acceptors (Lipinski definition) is 3. The first-order chi connectivity index (χ1) is 8.48. The van der Waals surface area contributed by atoms with Gasteiger partial charge in [-0.05, 0) is 20.3 Å². The summed E-state index contributed by atoms with van der Waals surface area (Å²) in [6.07, 6.45) is 7.70. The summed E-state index contributed by atoms with van der Waals surface area (Å²) in [6.45, 7) is 5.63. The van der Waals surface area contributed by atoms with E-state index in [4.69, 9.17) is 5.11 Å². The predicted molar refractivity (Wildman–Crippen MR) is 70.1 cm³/mol. The Kier molecular flexibility index (Phi) is 5.34. The second kappa shape index (κ2) is 6.54. The zero-order valence-corrected chi connectivity index (χ0v) is 11.4. The molecule has 1 atom stereocenters. The second-order valence-electron chi connectivity index (χ2n) is 5.25. The van der Waals surface area contributed by atoms with Crippen LogP contribution in [0.15, 0.2) is 18.7 Å². The van der Waals surface area contributed by atoms with Gasteiger partial charge < -0.3 is 15.0 Å². The van der Waals surface area contributed by atoms with E-state index >= 15 is 0 Å². The van der Waals surface area contributed by atoms with Crippen molar-refractivity contribution in [1.82, 2.24) is 14.9 Å². The number of aromatic nitrogens is 2. The molecular weight excluding hydrogens is 230 g/mol. The number of nitrogens with one attached hydrogen (secondary N) is 1. The third kappa shape index (κ3) is 4.49. The van der Waals surface area contributed by atoms with E-state index in [-0.39, 0.29) is 18.6 Å². The van der Waals surface area contributed by atoms with Gasteiger partial charge in [-0.1, -0.05) is 13.3 Å². The fourth-order valence-electron chi connectivity index (χ4n) is 1.86. The summed E-state index contributed by atoms with van der Waals surface area (Å²) in [7, 11) is 0. The van der Waals surface area contributed by atoms with Crippen LogP contribution in [0, 0.1) is 0 Å². The van der Waals surface area contributed by atoms with E-state index < -0.39 is 5.54 Å². The number of hydrogen-bond donors (Lipinski definition) is 2. The Hall–Kier alpha value is -1.36. The molecule has 0 aliphatic rings. The number of carbonyl (C=O) groups excluding carboxylic acids is 1. The molecule has 1 unspecified atom stereocenters. The van der Waals surface area contributed by atoms with Crippen LogP contribution in [0.25, 0.3) is 0 Å². The molecule has 1 aromatic heterocycles. The highest BCUT2D eigenvalue weighted by Crippen LogP contribution is 2.18. The lowest BCUT2D eigenvalue weighted by atomic mass is 10.0. The molecule has 0 radical (unpaired) electrons. The van der Waals surface area contributed by atoms with Crippen LogP contribution in [-0.4, -0.2) is 32.7 Å². The Morgan fingerprint density at radius 1 is 1.56 bits per heavy atom. The molecule has 1 rings (SSSR count). The highest BCUT2D eigenvalue weighted by Gasteiger charge is 2.21. The highest BCUT2D eigenvalue weighted by molar-refractivity contribution is 5.77. The van der Waals surface area contributed by atoms with E-state index in [0.29, 0.717) is 6.42 Å². The maximum Gasteiger partial charge on any atom is 0.222 e. The molecule has 0 aliphatic heterocycles. The fourth-order valence-corrected chi connectivity index (χ4v) is 1.86. The quantitative estimate of drug-likeness (QED) is 0.774. The maximum atomic E-state index is 11.9. The number of aliphatic hydroxyl groups excluding tert-OH is 1. The Balaban J connectivity index is 2.59. The number of imidazole rings is 1. The van der Waals surface area contributed by atoms with Gasteiger partial charge in [-0.3, -0.25) is 4.79 Å². The molecular formula is C13H23N3O2. The molecule has 1 amide bonds. The number of rotatable bonds is 7. The van der Waals surface area contributed by atoms with Gasteiger partial charge in [0.1, 0.15) is 0 Å². The molecule has 102 valence electrons. The Morgan fingerprint density at radius 2 is 2.28 bits per heavy atom. The van der Waals surface area contributed by atoms with Crippen molar-refractivity contribution in [2.45, 2.75) is 51.6 Å². The predicted octanol–water partition coefficient (Wildman–Crippen LogP) is 1.50. The standard InChI is InChI=1S/C13H23N3O2/c1-4-5-11(16-7-6-14-10-16)8-12(18)15-13(2,3)9-17/h6-7,10-11,17H,4-5,8-9H2,1-3H3,(H,15,18). The van der Waals surface area contributed by atoms with Gasteiger partial charge in [-0.25, -0.2) is 4.98 Å². The van der Waals surface area contributed by atoms with Crippen molar-refractivity contribution in [3.05, 3.63) is 18.7 Å². The minimum Gasteiger partial charge on any atom is -0.394 e. The smallest absolute Gasteiger partial charge is 0.222 e. The lowest BCUT2D eigenvalue weighted by molar-refractivity contribution is -0.124. The molecule has 0 bridgehead atoms. The average molecular weight is 253 g/mol. The normalized spacial score (nSPS) is 13.3. The summed E-state index contributed by atoms with van der Waals surface area (Å²) >= 11 is 0. The molecule has 0 saturated heterocycles. The number of aliphatic hydroxyl groups is 1. The Bertz CT molecular complexity index is 360. The Morgan fingerprint density at radius 3 is 2.78 bits per heavy atom. The van der Waals surface area contributed by atoms with E-state index in [1.807, 2.05) is 10.8 Å². The van der Waals surface area contributed by atoms with E-state index in [1.54, 1.807) is 26.4 Å². The van der Waals surface area contributed by atoms with Gasteiger partial charge in [-0.15, -0.1) is 0 Å². The molecule has 5 heteroatoms. The zero-order valence-electron chi connectivity index (χ0n) is 11.4. The fraction of sp³-hybridized carbons (Fsp3) is 0.692. The highest BCUT2D eigenvalue weighted by atomic mass is 16.3. The third-order valence-electron chi connectivity index (χ3n) is 2.86. The summed E-state index contributed by atoms with van der Waals surface area (Å²) in [5, 5.41) is 12.0. The van der Waals surface area contributed by atoms with Crippen molar-refractivity contribution in [3.63, 3.8) is 0 Å². The van der Waals surface area contributed by atoms with Gasteiger partial charge in [0.05, 0.1) is 18.5 Å². The van der Waals surface area contributed by atoms with Crippen molar-refractivity contribution in [1.29, 1.82) is 0 Å². The van der Waals surface area contributed by atoms with Crippen molar-refractivity contribution < 1.29 is 9.90 Å². The third-order valence-corrected chi connectivity index (χ3v) is 2.86. The molecule has 2 N–H and O–H groups in total. The van der Waals surface area contributed by atoms with Crippen molar-refractivity contribution in [3.8, 4) is 0 Å². The molecule has 0 fully saturated rings. The number of amides is 1. The first kappa shape index (κ1) is 14.7.